The van der Waals surface area contributed by atoms with E-state index in [2.05, 4.69) is 26.9 Å². The zero-order valence-corrected chi connectivity index (χ0v) is 18.0. The average Bonchev–Trinajstić information content (AvgIpc) is 2.87. The van der Waals surface area contributed by atoms with Gasteiger partial charge in [-0.3, -0.25) is 4.90 Å². The molecule has 4 rings (SSSR count). The van der Waals surface area contributed by atoms with Gasteiger partial charge in [-0.25, -0.2) is 9.97 Å². The summed E-state index contributed by atoms with van der Waals surface area (Å²) in [5, 5.41) is 3.50. The molecule has 0 atom stereocenters. The Hall–Kier alpha value is -0.270. The molecule has 2 saturated heterocycles. The summed E-state index contributed by atoms with van der Waals surface area (Å²) >= 11 is 2.12. The highest BCUT2D eigenvalue weighted by molar-refractivity contribution is 7.99. The van der Waals surface area contributed by atoms with Crippen LogP contribution in [-0.2, 0) is 12.8 Å². The third kappa shape index (κ3) is 4.96. The number of halogens is 2. The Morgan fingerprint density at radius 2 is 1.65 bits per heavy atom. The van der Waals surface area contributed by atoms with E-state index >= 15 is 0 Å². The quantitative estimate of drug-likeness (QED) is 0.793. The Kier molecular flexibility index (Phi) is 8.74. The first kappa shape index (κ1) is 22.0. The molecule has 0 saturated carbocycles. The first-order chi connectivity index (χ1) is 11.8. The third-order valence-corrected chi connectivity index (χ3v) is 6.64. The number of aromatic nitrogens is 2. The van der Waals surface area contributed by atoms with Crippen molar-refractivity contribution in [2.45, 2.75) is 38.6 Å². The van der Waals surface area contributed by atoms with E-state index in [0.717, 1.165) is 50.9 Å². The SMILES string of the molecule is Cc1nc2c(c(N3CCN(C4CCSCC4)CC3)n1)CCNCC2.Cl.Cl. The standard InChI is InChI=1S/C18H29N5S.2ClH/c1-14-20-17-3-7-19-6-2-16(17)18(21-14)23-10-8-22(9-11-23)15-4-12-24-13-5-15;;/h15,19H,2-13H2,1H3;2*1H. The minimum absolute atomic E-state index is 0. The van der Waals surface area contributed by atoms with Gasteiger partial charge < -0.3 is 10.2 Å². The predicted octanol–water partition coefficient (Wildman–Crippen LogP) is 2.33. The molecule has 2 fully saturated rings. The number of fused-ring (bicyclic) bond motifs is 1. The van der Waals surface area contributed by atoms with Crippen LogP contribution in [-0.4, -0.2) is 71.7 Å². The van der Waals surface area contributed by atoms with Gasteiger partial charge in [0.2, 0.25) is 0 Å². The maximum absolute atomic E-state index is 4.85. The monoisotopic (exact) mass is 419 g/mol. The van der Waals surface area contributed by atoms with Crippen molar-refractivity contribution in [1.29, 1.82) is 0 Å². The molecule has 0 radical (unpaired) electrons. The van der Waals surface area contributed by atoms with Gasteiger partial charge in [-0.2, -0.15) is 11.8 Å². The molecule has 4 heterocycles. The number of hydrogen-bond acceptors (Lipinski definition) is 6. The van der Waals surface area contributed by atoms with E-state index in [9.17, 15) is 0 Å². The average molecular weight is 420 g/mol. The molecule has 0 bridgehead atoms. The summed E-state index contributed by atoms with van der Waals surface area (Å²) in [4.78, 5) is 14.8. The van der Waals surface area contributed by atoms with Crippen molar-refractivity contribution in [3.05, 3.63) is 17.1 Å². The minimum atomic E-state index is 0. The summed E-state index contributed by atoms with van der Waals surface area (Å²) in [6.45, 7) is 8.72. The lowest BCUT2D eigenvalue weighted by Gasteiger charge is -2.41. The van der Waals surface area contributed by atoms with Gasteiger partial charge in [0.25, 0.3) is 0 Å². The molecule has 26 heavy (non-hydrogen) atoms. The fourth-order valence-electron chi connectivity index (χ4n) is 4.26. The van der Waals surface area contributed by atoms with Crippen LogP contribution < -0.4 is 10.2 Å². The molecule has 5 nitrogen and oxygen atoms in total. The van der Waals surface area contributed by atoms with Gasteiger partial charge in [-0.1, -0.05) is 0 Å². The van der Waals surface area contributed by atoms with Crippen molar-refractivity contribution in [3.63, 3.8) is 0 Å². The second-order valence-electron chi connectivity index (χ2n) is 7.14. The molecular weight excluding hydrogens is 389 g/mol. The number of hydrogen-bond donors (Lipinski definition) is 1. The Bertz CT molecular complexity index is 575. The molecule has 8 heteroatoms. The van der Waals surface area contributed by atoms with Gasteiger partial charge in [-0.05, 0) is 44.2 Å². The van der Waals surface area contributed by atoms with Gasteiger partial charge >= 0.3 is 0 Å². The fraction of sp³-hybridized carbons (Fsp3) is 0.778. The second kappa shape index (κ2) is 10.3. The van der Waals surface area contributed by atoms with E-state index in [0.29, 0.717) is 0 Å². The Morgan fingerprint density at radius 3 is 2.38 bits per heavy atom. The molecule has 1 aromatic rings. The Balaban J connectivity index is 0.00000121. The van der Waals surface area contributed by atoms with Crippen LogP contribution in [0.15, 0.2) is 0 Å². The number of piperazine rings is 1. The van der Waals surface area contributed by atoms with Gasteiger partial charge in [0, 0.05) is 50.7 Å². The zero-order valence-electron chi connectivity index (χ0n) is 15.6. The van der Waals surface area contributed by atoms with E-state index in [1.807, 2.05) is 6.92 Å². The molecule has 0 aliphatic carbocycles. The summed E-state index contributed by atoms with van der Waals surface area (Å²) < 4.78 is 0. The van der Waals surface area contributed by atoms with E-state index in [1.165, 1.54) is 54.5 Å². The van der Waals surface area contributed by atoms with Gasteiger partial charge in [0.1, 0.15) is 11.6 Å². The molecule has 0 aromatic carbocycles. The number of anilines is 1. The number of nitrogens with one attached hydrogen (secondary N) is 1. The van der Waals surface area contributed by atoms with Crippen LogP contribution in [0.4, 0.5) is 5.82 Å². The van der Waals surface area contributed by atoms with Crippen molar-refractivity contribution in [1.82, 2.24) is 20.2 Å². The van der Waals surface area contributed by atoms with Crippen LogP contribution in [0.5, 0.6) is 0 Å². The maximum Gasteiger partial charge on any atom is 0.135 e. The fourth-order valence-corrected chi connectivity index (χ4v) is 5.34. The lowest BCUT2D eigenvalue weighted by atomic mass is 10.1. The Morgan fingerprint density at radius 1 is 0.962 bits per heavy atom. The summed E-state index contributed by atoms with van der Waals surface area (Å²) in [5.74, 6) is 4.84. The highest BCUT2D eigenvalue weighted by Gasteiger charge is 2.27. The van der Waals surface area contributed by atoms with Crippen molar-refractivity contribution in [3.8, 4) is 0 Å². The second-order valence-corrected chi connectivity index (χ2v) is 8.36. The summed E-state index contributed by atoms with van der Waals surface area (Å²) in [6.07, 6.45) is 4.84. The van der Waals surface area contributed by atoms with Crippen molar-refractivity contribution in [2.24, 2.45) is 0 Å². The molecule has 1 aromatic heterocycles. The van der Waals surface area contributed by atoms with Crippen LogP contribution in [0, 0.1) is 6.92 Å². The molecule has 0 amide bonds. The topological polar surface area (TPSA) is 44.3 Å². The molecular formula is C18H31Cl2N5S. The molecule has 0 spiro atoms. The molecule has 0 unspecified atom stereocenters. The van der Waals surface area contributed by atoms with E-state index in [-0.39, 0.29) is 24.8 Å². The van der Waals surface area contributed by atoms with E-state index in [1.54, 1.807) is 0 Å². The molecule has 148 valence electrons. The Labute approximate surface area is 173 Å². The zero-order chi connectivity index (χ0) is 16.4. The highest BCUT2D eigenvalue weighted by atomic mass is 35.5. The van der Waals surface area contributed by atoms with Crippen LogP contribution in [0.1, 0.15) is 29.9 Å². The summed E-state index contributed by atoms with van der Waals surface area (Å²) in [7, 11) is 0. The number of aryl methyl sites for hydroxylation is 1. The smallest absolute Gasteiger partial charge is 0.135 e. The van der Waals surface area contributed by atoms with Gasteiger partial charge in [0.05, 0.1) is 5.69 Å². The molecule has 3 aliphatic rings. The minimum Gasteiger partial charge on any atom is -0.354 e. The summed E-state index contributed by atoms with van der Waals surface area (Å²) in [5.41, 5.74) is 2.67. The number of thioether (sulfide) groups is 1. The van der Waals surface area contributed by atoms with Gasteiger partial charge in [-0.15, -0.1) is 24.8 Å². The number of rotatable bonds is 2. The highest BCUT2D eigenvalue weighted by Crippen LogP contribution is 2.27. The molecule has 1 N–H and O–H groups in total. The maximum atomic E-state index is 4.85. The molecule has 3 aliphatic heterocycles. The van der Waals surface area contributed by atoms with Crippen molar-refractivity contribution >= 4 is 42.4 Å². The van der Waals surface area contributed by atoms with E-state index in [4.69, 9.17) is 9.97 Å². The number of nitrogens with zero attached hydrogens (tertiary/aromatic N) is 4. The van der Waals surface area contributed by atoms with Crippen LogP contribution >= 0.6 is 36.6 Å². The lowest BCUT2D eigenvalue weighted by Crippen LogP contribution is -2.51. The predicted molar refractivity (Wildman–Crippen MR) is 116 cm³/mol. The first-order valence-electron chi connectivity index (χ1n) is 9.45. The van der Waals surface area contributed by atoms with Crippen molar-refractivity contribution in [2.75, 3.05) is 55.7 Å². The largest absolute Gasteiger partial charge is 0.354 e. The van der Waals surface area contributed by atoms with Crippen molar-refractivity contribution < 1.29 is 0 Å². The van der Waals surface area contributed by atoms with Gasteiger partial charge in [0.15, 0.2) is 0 Å². The van der Waals surface area contributed by atoms with Crippen LogP contribution in [0.2, 0.25) is 0 Å². The third-order valence-electron chi connectivity index (χ3n) is 5.59. The van der Waals surface area contributed by atoms with Crippen LogP contribution in [0.25, 0.3) is 0 Å². The lowest BCUT2D eigenvalue weighted by molar-refractivity contribution is 0.175. The van der Waals surface area contributed by atoms with Crippen LogP contribution in [0.3, 0.4) is 0 Å². The van der Waals surface area contributed by atoms with E-state index < -0.39 is 0 Å². The normalized spacial score (nSPS) is 22.0. The summed E-state index contributed by atoms with van der Waals surface area (Å²) in [6, 6.07) is 0.821. The first-order valence-corrected chi connectivity index (χ1v) is 10.6.